The molecule has 1 unspecified atom stereocenters. The first-order valence-electron chi connectivity index (χ1n) is 7.44. The van der Waals surface area contributed by atoms with E-state index in [0.29, 0.717) is 0 Å². The summed E-state index contributed by atoms with van der Waals surface area (Å²) in [5.74, 6) is 0. The van der Waals surface area contributed by atoms with Crippen molar-refractivity contribution in [2.24, 2.45) is 0 Å². The summed E-state index contributed by atoms with van der Waals surface area (Å²) in [6.45, 7) is 7.80. The van der Waals surface area contributed by atoms with E-state index >= 15 is 0 Å². The topological polar surface area (TPSA) is 38.3 Å². The van der Waals surface area contributed by atoms with Gasteiger partial charge in [-0.05, 0) is 39.2 Å². The number of rotatable bonds is 6. The second-order valence-corrected chi connectivity index (χ2v) is 6.18. The number of nitrogens with one attached hydrogen (secondary N) is 1. The fraction of sp³-hybridized carbons (Fsp3) is 0.588. The predicted molar refractivity (Wildman–Crippen MR) is 82.8 cm³/mol. The molecule has 1 rings (SSSR count). The monoisotopic (exact) mass is 277 g/mol. The molecule has 0 spiro atoms. The van der Waals surface area contributed by atoms with Crippen LogP contribution in [-0.4, -0.2) is 17.7 Å². The number of carbonyl (C=O) groups excluding carboxylic acids is 1. The van der Waals surface area contributed by atoms with E-state index in [9.17, 15) is 4.79 Å². The van der Waals surface area contributed by atoms with Crippen molar-refractivity contribution in [2.45, 2.75) is 65.0 Å². The molecule has 0 saturated heterocycles. The average molecular weight is 277 g/mol. The predicted octanol–water partition coefficient (Wildman–Crippen LogP) is 4.31. The van der Waals surface area contributed by atoms with Crippen LogP contribution >= 0.6 is 0 Å². The zero-order chi connectivity index (χ0) is 15.0. The molecule has 0 aromatic heterocycles. The Hall–Kier alpha value is -1.51. The highest BCUT2D eigenvalue weighted by Gasteiger charge is 2.19. The van der Waals surface area contributed by atoms with Crippen LogP contribution in [0.5, 0.6) is 0 Å². The number of carbonyl (C=O) groups is 1. The van der Waals surface area contributed by atoms with Crippen molar-refractivity contribution < 1.29 is 9.53 Å². The molecule has 1 N–H and O–H groups in total. The molecule has 3 heteroatoms. The lowest BCUT2D eigenvalue weighted by Crippen LogP contribution is -2.40. The summed E-state index contributed by atoms with van der Waals surface area (Å²) in [6.07, 6.45) is 3.73. The molecule has 0 saturated carbocycles. The fourth-order valence-corrected chi connectivity index (χ4v) is 2.05. The number of benzene rings is 1. The van der Waals surface area contributed by atoms with Gasteiger partial charge in [0.05, 0.1) is 0 Å². The van der Waals surface area contributed by atoms with Crippen molar-refractivity contribution in [1.29, 1.82) is 0 Å². The third-order valence-electron chi connectivity index (χ3n) is 2.95. The molecular weight excluding hydrogens is 250 g/mol. The SMILES string of the molecule is CCCCC(Cc1ccccc1)NC(=O)OC(C)(C)C. The van der Waals surface area contributed by atoms with Gasteiger partial charge in [0.1, 0.15) is 5.60 Å². The van der Waals surface area contributed by atoms with E-state index in [4.69, 9.17) is 4.74 Å². The van der Waals surface area contributed by atoms with Crippen LogP contribution in [0.2, 0.25) is 0 Å². The summed E-state index contributed by atoms with van der Waals surface area (Å²) in [6, 6.07) is 10.4. The molecule has 1 aromatic carbocycles. The summed E-state index contributed by atoms with van der Waals surface area (Å²) in [5, 5.41) is 3.00. The molecular formula is C17H27NO2. The van der Waals surface area contributed by atoms with Gasteiger partial charge in [-0.1, -0.05) is 50.1 Å². The van der Waals surface area contributed by atoms with Crippen molar-refractivity contribution >= 4 is 6.09 Å². The van der Waals surface area contributed by atoms with Crippen LogP contribution in [0.1, 0.15) is 52.5 Å². The van der Waals surface area contributed by atoms with E-state index in [1.165, 1.54) is 5.56 Å². The second kappa shape index (κ2) is 7.93. The van der Waals surface area contributed by atoms with Crippen LogP contribution in [0.3, 0.4) is 0 Å². The lowest BCUT2D eigenvalue weighted by atomic mass is 10.0. The second-order valence-electron chi connectivity index (χ2n) is 6.18. The Balaban J connectivity index is 2.57. The molecule has 0 heterocycles. The van der Waals surface area contributed by atoms with Crippen LogP contribution in [-0.2, 0) is 11.2 Å². The molecule has 0 aliphatic carbocycles. The van der Waals surface area contributed by atoms with E-state index in [1.54, 1.807) is 0 Å². The number of unbranched alkanes of at least 4 members (excludes halogenated alkanes) is 1. The van der Waals surface area contributed by atoms with Crippen molar-refractivity contribution in [3.63, 3.8) is 0 Å². The van der Waals surface area contributed by atoms with Gasteiger partial charge in [-0.3, -0.25) is 0 Å². The fourth-order valence-electron chi connectivity index (χ4n) is 2.05. The summed E-state index contributed by atoms with van der Waals surface area (Å²) >= 11 is 0. The van der Waals surface area contributed by atoms with Crippen LogP contribution in [0.4, 0.5) is 4.79 Å². The normalized spacial score (nSPS) is 12.8. The molecule has 1 amide bonds. The van der Waals surface area contributed by atoms with Gasteiger partial charge in [-0.25, -0.2) is 4.79 Å². The van der Waals surface area contributed by atoms with Crippen molar-refractivity contribution in [1.82, 2.24) is 5.32 Å². The average Bonchev–Trinajstić information content (AvgIpc) is 2.35. The molecule has 0 radical (unpaired) electrons. The van der Waals surface area contributed by atoms with E-state index in [1.807, 2.05) is 39.0 Å². The van der Waals surface area contributed by atoms with Gasteiger partial charge in [0, 0.05) is 6.04 Å². The minimum Gasteiger partial charge on any atom is -0.444 e. The van der Waals surface area contributed by atoms with Crippen molar-refractivity contribution in [3.05, 3.63) is 35.9 Å². The Morgan fingerprint density at radius 3 is 2.45 bits per heavy atom. The molecule has 1 atom stereocenters. The van der Waals surface area contributed by atoms with Crippen molar-refractivity contribution in [2.75, 3.05) is 0 Å². The number of amides is 1. The minimum absolute atomic E-state index is 0.132. The van der Waals surface area contributed by atoms with Crippen LogP contribution in [0.25, 0.3) is 0 Å². The molecule has 1 aromatic rings. The quantitative estimate of drug-likeness (QED) is 0.841. The summed E-state index contributed by atoms with van der Waals surface area (Å²) in [7, 11) is 0. The first-order valence-corrected chi connectivity index (χ1v) is 7.44. The third kappa shape index (κ3) is 7.17. The largest absolute Gasteiger partial charge is 0.444 e. The van der Waals surface area contributed by atoms with Gasteiger partial charge < -0.3 is 10.1 Å². The number of hydrogen-bond acceptors (Lipinski definition) is 2. The molecule has 20 heavy (non-hydrogen) atoms. The van der Waals surface area contributed by atoms with Gasteiger partial charge >= 0.3 is 6.09 Å². The van der Waals surface area contributed by atoms with E-state index < -0.39 is 5.60 Å². The van der Waals surface area contributed by atoms with Crippen LogP contribution in [0, 0.1) is 0 Å². The standard InChI is InChI=1S/C17H27NO2/c1-5-6-12-15(13-14-10-8-7-9-11-14)18-16(19)20-17(2,3)4/h7-11,15H,5-6,12-13H2,1-4H3,(H,18,19). The van der Waals surface area contributed by atoms with Gasteiger partial charge in [-0.15, -0.1) is 0 Å². The highest BCUT2D eigenvalue weighted by Crippen LogP contribution is 2.11. The maximum Gasteiger partial charge on any atom is 0.407 e. The molecule has 0 fully saturated rings. The number of alkyl carbamates (subject to hydrolysis) is 1. The maximum atomic E-state index is 11.9. The Kier molecular flexibility index (Phi) is 6.56. The highest BCUT2D eigenvalue weighted by molar-refractivity contribution is 5.68. The van der Waals surface area contributed by atoms with Crippen LogP contribution in [0.15, 0.2) is 30.3 Å². The highest BCUT2D eigenvalue weighted by atomic mass is 16.6. The molecule has 0 aliphatic heterocycles. The Morgan fingerprint density at radius 2 is 1.90 bits per heavy atom. The maximum absolute atomic E-state index is 11.9. The molecule has 0 bridgehead atoms. The van der Waals surface area contributed by atoms with Gasteiger partial charge in [0.2, 0.25) is 0 Å². The summed E-state index contributed by atoms with van der Waals surface area (Å²) in [5.41, 5.74) is 0.788. The lowest BCUT2D eigenvalue weighted by Gasteiger charge is -2.23. The Labute approximate surface area is 122 Å². The smallest absolute Gasteiger partial charge is 0.407 e. The first-order chi connectivity index (χ1) is 9.40. The minimum atomic E-state index is -0.452. The van der Waals surface area contributed by atoms with E-state index in [2.05, 4.69) is 24.4 Å². The zero-order valence-corrected chi connectivity index (χ0v) is 13.1. The van der Waals surface area contributed by atoms with Gasteiger partial charge in [-0.2, -0.15) is 0 Å². The Bertz CT molecular complexity index is 395. The summed E-state index contributed by atoms with van der Waals surface area (Å²) < 4.78 is 5.34. The van der Waals surface area contributed by atoms with E-state index in [0.717, 1.165) is 25.7 Å². The molecule has 3 nitrogen and oxygen atoms in total. The van der Waals surface area contributed by atoms with Gasteiger partial charge in [0.15, 0.2) is 0 Å². The number of hydrogen-bond donors (Lipinski definition) is 1. The Morgan fingerprint density at radius 1 is 1.25 bits per heavy atom. The summed E-state index contributed by atoms with van der Waals surface area (Å²) in [4.78, 5) is 11.9. The van der Waals surface area contributed by atoms with E-state index in [-0.39, 0.29) is 12.1 Å². The van der Waals surface area contributed by atoms with Crippen LogP contribution < -0.4 is 5.32 Å². The zero-order valence-electron chi connectivity index (χ0n) is 13.1. The van der Waals surface area contributed by atoms with Gasteiger partial charge in [0.25, 0.3) is 0 Å². The van der Waals surface area contributed by atoms with Crippen molar-refractivity contribution in [3.8, 4) is 0 Å². The third-order valence-corrected chi connectivity index (χ3v) is 2.95. The molecule has 0 aliphatic rings. The lowest BCUT2D eigenvalue weighted by molar-refractivity contribution is 0.0501. The number of ether oxygens (including phenoxy) is 1. The molecule has 112 valence electrons. The first kappa shape index (κ1) is 16.5.